The number of aromatic nitrogens is 1. The Kier molecular flexibility index (Phi) is 2.30. The molecule has 0 saturated heterocycles. The van der Waals surface area contributed by atoms with Crippen molar-refractivity contribution < 1.29 is 0 Å². The first-order valence-electron chi connectivity index (χ1n) is 6.45. The molecule has 4 rings (SSSR count). The number of benzene rings is 1. The first kappa shape index (κ1) is 11.2. The lowest BCUT2D eigenvalue weighted by Crippen LogP contribution is -2.52. The van der Waals surface area contributed by atoms with Gasteiger partial charge in [0.05, 0.1) is 15.2 Å². The lowest BCUT2D eigenvalue weighted by Gasteiger charge is -2.56. The van der Waals surface area contributed by atoms with Crippen molar-refractivity contribution in [1.82, 2.24) is 4.98 Å². The Labute approximate surface area is 115 Å². The molecule has 1 aromatic heterocycles. The molecule has 2 saturated carbocycles. The largest absolute Gasteiger partial charge is 0.328 e. The molecule has 94 valence electrons. The van der Waals surface area contributed by atoms with Gasteiger partial charge in [-0.2, -0.15) is 0 Å². The van der Waals surface area contributed by atoms with Gasteiger partial charge in [0.25, 0.3) is 0 Å². The quantitative estimate of drug-likeness (QED) is 0.858. The molecule has 2 aliphatic rings. The second kappa shape index (κ2) is 3.69. The molecule has 4 heteroatoms. The molecule has 0 unspecified atom stereocenters. The molecule has 0 bridgehead atoms. The fraction of sp³-hybridized carbons (Fsp3) is 0.500. The van der Waals surface area contributed by atoms with Crippen LogP contribution >= 0.6 is 22.9 Å². The maximum atomic E-state index is 6.00. The van der Waals surface area contributed by atoms with Gasteiger partial charge >= 0.3 is 0 Å². The van der Waals surface area contributed by atoms with Gasteiger partial charge in [-0.25, -0.2) is 4.98 Å². The van der Waals surface area contributed by atoms with Crippen LogP contribution < -0.4 is 5.73 Å². The maximum absolute atomic E-state index is 6.00. The van der Waals surface area contributed by atoms with Gasteiger partial charge in [-0.1, -0.05) is 11.6 Å². The number of thiazole rings is 1. The highest BCUT2D eigenvalue weighted by molar-refractivity contribution is 7.18. The first-order valence-corrected chi connectivity index (χ1v) is 7.65. The predicted molar refractivity (Wildman–Crippen MR) is 76.2 cm³/mol. The minimum atomic E-state index is 0.458. The summed E-state index contributed by atoms with van der Waals surface area (Å²) in [5.41, 5.74) is 7.53. The van der Waals surface area contributed by atoms with Crippen LogP contribution in [0, 0.1) is 5.41 Å². The van der Waals surface area contributed by atoms with Gasteiger partial charge in [0.15, 0.2) is 0 Å². The molecule has 0 amide bonds. The van der Waals surface area contributed by atoms with Gasteiger partial charge in [-0.3, -0.25) is 0 Å². The minimum Gasteiger partial charge on any atom is -0.328 e. The van der Waals surface area contributed by atoms with Crippen LogP contribution in [0.4, 0.5) is 0 Å². The van der Waals surface area contributed by atoms with Gasteiger partial charge in [-0.05, 0) is 49.3 Å². The number of hydrogen-bond donors (Lipinski definition) is 1. The summed E-state index contributed by atoms with van der Waals surface area (Å²) < 4.78 is 1.25. The van der Waals surface area contributed by atoms with Crippen molar-refractivity contribution in [3.63, 3.8) is 0 Å². The van der Waals surface area contributed by atoms with E-state index in [0.29, 0.717) is 17.4 Å². The van der Waals surface area contributed by atoms with E-state index < -0.39 is 0 Å². The van der Waals surface area contributed by atoms with Crippen LogP contribution in [-0.2, 0) is 0 Å². The zero-order valence-corrected chi connectivity index (χ0v) is 11.6. The molecule has 2 fully saturated rings. The molecular weight excluding hydrogens is 264 g/mol. The average Bonchev–Trinajstić information content (AvgIpc) is 2.63. The van der Waals surface area contributed by atoms with Crippen molar-refractivity contribution in [3.05, 3.63) is 28.2 Å². The molecule has 18 heavy (non-hydrogen) atoms. The number of rotatable bonds is 1. The Morgan fingerprint density at radius 3 is 2.78 bits per heavy atom. The van der Waals surface area contributed by atoms with Crippen molar-refractivity contribution in [2.75, 3.05) is 0 Å². The summed E-state index contributed by atoms with van der Waals surface area (Å²) in [6.07, 6.45) is 5.02. The first-order chi connectivity index (χ1) is 8.63. The molecule has 1 spiro atoms. The monoisotopic (exact) mass is 278 g/mol. The Morgan fingerprint density at radius 2 is 2.06 bits per heavy atom. The minimum absolute atomic E-state index is 0.458. The van der Waals surface area contributed by atoms with E-state index in [4.69, 9.17) is 22.3 Å². The summed E-state index contributed by atoms with van der Waals surface area (Å²) in [5.74, 6) is 0.661. The average molecular weight is 279 g/mol. The fourth-order valence-corrected chi connectivity index (χ4v) is 4.85. The van der Waals surface area contributed by atoms with Crippen LogP contribution in [0.3, 0.4) is 0 Å². The van der Waals surface area contributed by atoms with E-state index in [-0.39, 0.29) is 0 Å². The Hall–Kier alpha value is -0.640. The molecule has 0 radical (unpaired) electrons. The highest BCUT2D eigenvalue weighted by atomic mass is 35.5. The van der Waals surface area contributed by atoms with Crippen LogP contribution in [-0.4, -0.2) is 11.0 Å². The highest BCUT2D eigenvalue weighted by Crippen LogP contribution is 2.61. The van der Waals surface area contributed by atoms with Crippen LogP contribution in [0.1, 0.15) is 36.6 Å². The van der Waals surface area contributed by atoms with E-state index in [2.05, 4.69) is 6.07 Å². The number of hydrogen-bond acceptors (Lipinski definition) is 3. The van der Waals surface area contributed by atoms with Crippen molar-refractivity contribution in [2.24, 2.45) is 11.1 Å². The smallest absolute Gasteiger partial charge is 0.0969 e. The normalized spacial score (nSPS) is 34.6. The zero-order chi connectivity index (χ0) is 12.3. The predicted octanol–water partition coefficient (Wildman–Crippen LogP) is 3.93. The maximum Gasteiger partial charge on any atom is 0.0969 e. The van der Waals surface area contributed by atoms with E-state index >= 15 is 0 Å². The molecule has 0 atom stereocenters. The van der Waals surface area contributed by atoms with Crippen molar-refractivity contribution in [1.29, 1.82) is 0 Å². The van der Waals surface area contributed by atoms with Gasteiger partial charge in [0.2, 0.25) is 0 Å². The number of nitrogens with zero attached hydrogens (tertiary/aromatic N) is 1. The van der Waals surface area contributed by atoms with E-state index in [1.807, 2.05) is 23.5 Å². The Morgan fingerprint density at radius 1 is 1.28 bits per heavy atom. The number of fused-ring (bicyclic) bond motifs is 1. The lowest BCUT2D eigenvalue weighted by atomic mass is 9.50. The van der Waals surface area contributed by atoms with Crippen LogP contribution in [0.15, 0.2) is 18.2 Å². The zero-order valence-electron chi connectivity index (χ0n) is 10.0. The Balaban J connectivity index is 1.57. The van der Waals surface area contributed by atoms with E-state index in [9.17, 15) is 0 Å². The van der Waals surface area contributed by atoms with Crippen molar-refractivity contribution in [2.45, 2.75) is 37.6 Å². The third kappa shape index (κ3) is 1.61. The molecule has 2 N–H and O–H groups in total. The van der Waals surface area contributed by atoms with E-state index in [1.54, 1.807) is 0 Å². The lowest BCUT2D eigenvalue weighted by molar-refractivity contribution is -0.00819. The SMILES string of the molecule is NC1CC2(C1)CC(c1nc3cc(Cl)ccc3s1)C2. The summed E-state index contributed by atoms with van der Waals surface area (Å²) in [5, 5.41) is 2.06. The molecule has 0 aliphatic heterocycles. The highest BCUT2D eigenvalue weighted by Gasteiger charge is 2.52. The summed E-state index contributed by atoms with van der Waals surface area (Å²) in [6, 6.07) is 6.44. The van der Waals surface area contributed by atoms with Gasteiger partial charge in [0.1, 0.15) is 0 Å². The van der Waals surface area contributed by atoms with Gasteiger partial charge < -0.3 is 5.73 Å². The standard InChI is InChI=1S/C14H15ClN2S/c15-9-1-2-12-11(3-9)17-13(18-12)8-4-14(5-8)6-10(16)7-14/h1-3,8,10H,4-7,16H2. The summed E-state index contributed by atoms with van der Waals surface area (Å²) in [6.45, 7) is 0. The number of nitrogens with two attached hydrogens (primary N) is 1. The van der Waals surface area contributed by atoms with Crippen LogP contribution in [0.25, 0.3) is 10.2 Å². The molecule has 2 aliphatic carbocycles. The topological polar surface area (TPSA) is 38.9 Å². The van der Waals surface area contributed by atoms with Gasteiger partial charge in [-0.15, -0.1) is 11.3 Å². The van der Waals surface area contributed by atoms with Gasteiger partial charge in [0, 0.05) is 17.0 Å². The van der Waals surface area contributed by atoms with Crippen molar-refractivity contribution >= 4 is 33.2 Å². The third-order valence-corrected chi connectivity index (χ3v) is 5.90. The summed E-state index contributed by atoms with van der Waals surface area (Å²) >= 11 is 7.82. The van der Waals surface area contributed by atoms with E-state index in [1.165, 1.54) is 35.4 Å². The van der Waals surface area contributed by atoms with Crippen LogP contribution in [0.2, 0.25) is 5.02 Å². The van der Waals surface area contributed by atoms with Crippen molar-refractivity contribution in [3.8, 4) is 0 Å². The van der Waals surface area contributed by atoms with E-state index in [0.717, 1.165) is 10.5 Å². The van der Waals surface area contributed by atoms with Crippen LogP contribution in [0.5, 0.6) is 0 Å². The third-order valence-electron chi connectivity index (χ3n) is 4.46. The molecule has 2 aromatic rings. The summed E-state index contributed by atoms with van der Waals surface area (Å²) in [7, 11) is 0. The molecule has 2 nitrogen and oxygen atoms in total. The summed E-state index contributed by atoms with van der Waals surface area (Å²) in [4.78, 5) is 4.74. The molecular formula is C14H15ClN2S. The molecule has 1 aromatic carbocycles. The fourth-order valence-electron chi connectivity index (χ4n) is 3.64. The second-order valence-electron chi connectivity index (χ2n) is 5.94. The Bertz CT molecular complexity index is 607. The molecule has 1 heterocycles. The number of halogens is 1. The second-order valence-corrected chi connectivity index (χ2v) is 7.44.